The molecule has 0 bridgehead atoms. The third-order valence-electron chi connectivity index (χ3n) is 1.84. The molecule has 1 aliphatic heterocycles. The van der Waals surface area contributed by atoms with Crippen LogP contribution in [0.25, 0.3) is 0 Å². The number of nitrogens with two attached hydrogens (primary N) is 1. The number of hydrogen-bond donors (Lipinski definition) is 2. The highest BCUT2D eigenvalue weighted by molar-refractivity contribution is 7.85. The normalized spacial score (nSPS) is 22.3. The van der Waals surface area contributed by atoms with Crippen LogP contribution in [-0.2, 0) is 10.8 Å². The Kier molecular flexibility index (Phi) is 3.99. The van der Waals surface area contributed by atoms with Crippen LogP contribution in [0.5, 0.6) is 0 Å². The average Bonchev–Trinajstić information content (AvgIpc) is 2.04. The molecule has 0 atom stereocenters. The molecule has 1 aliphatic rings. The van der Waals surface area contributed by atoms with Crippen molar-refractivity contribution in [1.82, 2.24) is 10.3 Å². The summed E-state index contributed by atoms with van der Waals surface area (Å²) in [6, 6.07) is 0. The molecule has 1 fully saturated rings. The maximum absolute atomic E-state index is 10.9. The molecule has 1 rings (SSSR count). The standard InChI is InChI=1S/C6H15N3OS/c7-8-1-2-9-3-5-11(10)6-4-9/h8H,1-7H2. The molecule has 0 amide bonds. The van der Waals surface area contributed by atoms with E-state index in [1.165, 1.54) is 0 Å². The van der Waals surface area contributed by atoms with E-state index in [2.05, 4.69) is 10.3 Å². The fraction of sp³-hybridized carbons (Fsp3) is 1.00. The largest absolute Gasteiger partial charge is 0.300 e. The van der Waals surface area contributed by atoms with Crippen molar-refractivity contribution >= 4 is 10.8 Å². The fourth-order valence-corrected chi connectivity index (χ4v) is 2.25. The van der Waals surface area contributed by atoms with Gasteiger partial charge in [-0.25, -0.2) is 0 Å². The van der Waals surface area contributed by atoms with Crippen molar-refractivity contribution in [1.29, 1.82) is 0 Å². The van der Waals surface area contributed by atoms with Crippen LogP contribution in [0, 0.1) is 0 Å². The summed E-state index contributed by atoms with van der Waals surface area (Å²) in [6.45, 7) is 3.68. The molecule has 0 spiro atoms. The SMILES string of the molecule is NNCCN1CCS(=O)CC1. The molecule has 0 aliphatic carbocycles. The predicted octanol–water partition coefficient (Wildman–Crippen LogP) is -1.49. The molecule has 0 radical (unpaired) electrons. The lowest BCUT2D eigenvalue weighted by Gasteiger charge is -2.25. The highest BCUT2D eigenvalue weighted by Gasteiger charge is 2.13. The van der Waals surface area contributed by atoms with Crippen LogP contribution in [0.3, 0.4) is 0 Å². The second kappa shape index (κ2) is 4.82. The van der Waals surface area contributed by atoms with E-state index in [1.807, 2.05) is 0 Å². The fourth-order valence-electron chi connectivity index (χ4n) is 1.12. The van der Waals surface area contributed by atoms with Gasteiger partial charge in [0.15, 0.2) is 0 Å². The Labute approximate surface area is 69.6 Å². The van der Waals surface area contributed by atoms with Gasteiger partial charge >= 0.3 is 0 Å². The Balaban J connectivity index is 2.12. The Morgan fingerprint density at radius 3 is 2.64 bits per heavy atom. The van der Waals surface area contributed by atoms with Crippen LogP contribution in [-0.4, -0.2) is 46.8 Å². The van der Waals surface area contributed by atoms with Crippen molar-refractivity contribution in [3.05, 3.63) is 0 Å². The highest BCUT2D eigenvalue weighted by Crippen LogP contribution is 1.97. The van der Waals surface area contributed by atoms with Crippen molar-refractivity contribution in [3.8, 4) is 0 Å². The molecule has 5 heteroatoms. The summed E-state index contributed by atoms with van der Waals surface area (Å²) in [5, 5.41) is 0. The van der Waals surface area contributed by atoms with E-state index in [0.29, 0.717) is 0 Å². The maximum atomic E-state index is 10.9. The molecule has 1 saturated heterocycles. The summed E-state index contributed by atoms with van der Waals surface area (Å²) in [7, 11) is -0.560. The van der Waals surface area contributed by atoms with Gasteiger partial charge in [-0.05, 0) is 0 Å². The van der Waals surface area contributed by atoms with Crippen molar-refractivity contribution < 1.29 is 4.21 Å². The lowest BCUT2D eigenvalue weighted by molar-refractivity contribution is 0.299. The van der Waals surface area contributed by atoms with Crippen molar-refractivity contribution in [2.45, 2.75) is 0 Å². The molecule has 1 heterocycles. The number of hydrogen-bond acceptors (Lipinski definition) is 4. The topological polar surface area (TPSA) is 58.4 Å². The summed E-state index contributed by atoms with van der Waals surface area (Å²) in [5.74, 6) is 6.78. The monoisotopic (exact) mass is 177 g/mol. The van der Waals surface area contributed by atoms with E-state index >= 15 is 0 Å². The summed E-state index contributed by atoms with van der Waals surface area (Å²) in [6.07, 6.45) is 0. The molecule has 0 aromatic heterocycles. The first kappa shape index (κ1) is 9.12. The third-order valence-corrected chi connectivity index (χ3v) is 3.12. The van der Waals surface area contributed by atoms with E-state index in [0.717, 1.165) is 37.7 Å². The quantitative estimate of drug-likeness (QED) is 0.407. The lowest BCUT2D eigenvalue weighted by Crippen LogP contribution is -2.42. The maximum Gasteiger partial charge on any atom is 0.0363 e. The zero-order valence-corrected chi connectivity index (χ0v) is 7.40. The minimum atomic E-state index is -0.560. The van der Waals surface area contributed by atoms with Crippen LogP contribution >= 0.6 is 0 Å². The van der Waals surface area contributed by atoms with Gasteiger partial charge in [-0.2, -0.15) is 0 Å². The van der Waals surface area contributed by atoms with Crippen LogP contribution in [0.4, 0.5) is 0 Å². The van der Waals surface area contributed by atoms with Gasteiger partial charge in [-0.3, -0.25) is 15.5 Å². The lowest BCUT2D eigenvalue weighted by atomic mass is 10.4. The molecule has 0 unspecified atom stereocenters. The number of nitrogens with zero attached hydrogens (tertiary/aromatic N) is 1. The molecule has 66 valence electrons. The van der Waals surface area contributed by atoms with Crippen LogP contribution in [0.15, 0.2) is 0 Å². The summed E-state index contributed by atoms with van der Waals surface area (Å²) < 4.78 is 10.9. The van der Waals surface area contributed by atoms with Crippen molar-refractivity contribution in [3.63, 3.8) is 0 Å². The van der Waals surface area contributed by atoms with Gasteiger partial charge in [-0.1, -0.05) is 0 Å². The van der Waals surface area contributed by atoms with Gasteiger partial charge in [0.05, 0.1) is 0 Å². The first-order chi connectivity index (χ1) is 5.33. The second-order valence-electron chi connectivity index (χ2n) is 2.64. The van der Waals surface area contributed by atoms with Gasteiger partial charge in [0, 0.05) is 48.5 Å². The zero-order chi connectivity index (χ0) is 8.10. The summed E-state index contributed by atoms with van der Waals surface area (Å²) >= 11 is 0. The Morgan fingerprint density at radius 2 is 2.09 bits per heavy atom. The van der Waals surface area contributed by atoms with E-state index in [9.17, 15) is 4.21 Å². The van der Waals surface area contributed by atoms with E-state index in [4.69, 9.17) is 5.84 Å². The molecule has 0 aromatic rings. The van der Waals surface area contributed by atoms with Gasteiger partial charge in [-0.15, -0.1) is 0 Å². The van der Waals surface area contributed by atoms with Gasteiger partial charge < -0.3 is 4.90 Å². The third kappa shape index (κ3) is 3.29. The number of nitrogens with one attached hydrogen (secondary N) is 1. The van der Waals surface area contributed by atoms with Crippen LogP contribution in [0.1, 0.15) is 0 Å². The first-order valence-electron chi connectivity index (χ1n) is 3.83. The number of hydrazine groups is 1. The molecule has 4 nitrogen and oxygen atoms in total. The van der Waals surface area contributed by atoms with Crippen molar-refractivity contribution in [2.24, 2.45) is 5.84 Å². The van der Waals surface area contributed by atoms with E-state index < -0.39 is 10.8 Å². The highest BCUT2D eigenvalue weighted by atomic mass is 32.2. The molecular weight excluding hydrogens is 162 g/mol. The Morgan fingerprint density at radius 1 is 1.45 bits per heavy atom. The van der Waals surface area contributed by atoms with Gasteiger partial charge in [0.2, 0.25) is 0 Å². The van der Waals surface area contributed by atoms with Crippen LogP contribution < -0.4 is 11.3 Å². The van der Waals surface area contributed by atoms with Crippen LogP contribution in [0.2, 0.25) is 0 Å². The van der Waals surface area contributed by atoms with E-state index in [1.54, 1.807) is 0 Å². The molecule has 0 saturated carbocycles. The Bertz CT molecular complexity index is 132. The average molecular weight is 177 g/mol. The molecule has 3 N–H and O–H groups in total. The minimum absolute atomic E-state index is 0.560. The zero-order valence-electron chi connectivity index (χ0n) is 6.58. The predicted molar refractivity (Wildman–Crippen MR) is 46.5 cm³/mol. The van der Waals surface area contributed by atoms with Gasteiger partial charge in [0.25, 0.3) is 0 Å². The minimum Gasteiger partial charge on any atom is -0.300 e. The summed E-state index contributed by atoms with van der Waals surface area (Å²) in [5.41, 5.74) is 2.61. The van der Waals surface area contributed by atoms with Crippen molar-refractivity contribution in [2.75, 3.05) is 37.7 Å². The molecule has 0 aromatic carbocycles. The first-order valence-corrected chi connectivity index (χ1v) is 5.32. The van der Waals surface area contributed by atoms with E-state index in [-0.39, 0.29) is 0 Å². The Hall–Kier alpha value is 0.0300. The number of rotatable bonds is 3. The molecule has 11 heavy (non-hydrogen) atoms. The van der Waals surface area contributed by atoms with Gasteiger partial charge in [0.1, 0.15) is 0 Å². The molecular formula is C6H15N3OS. The second-order valence-corrected chi connectivity index (χ2v) is 4.34. The smallest absolute Gasteiger partial charge is 0.0363 e. The summed E-state index contributed by atoms with van der Waals surface area (Å²) in [4.78, 5) is 2.28.